The molecule has 2 aromatic carbocycles. The molecular formula is C20H18F3NO4. The molecule has 0 saturated heterocycles. The fourth-order valence-electron chi connectivity index (χ4n) is 3.16. The molecule has 0 unspecified atom stereocenters. The van der Waals surface area contributed by atoms with E-state index in [0.717, 1.165) is 11.6 Å². The van der Waals surface area contributed by atoms with Gasteiger partial charge < -0.3 is 19.9 Å². The summed E-state index contributed by atoms with van der Waals surface area (Å²) >= 11 is 0. The summed E-state index contributed by atoms with van der Waals surface area (Å²) in [5, 5.41) is 12.5. The van der Waals surface area contributed by atoms with E-state index in [1.807, 2.05) is 0 Å². The molecule has 8 heteroatoms. The Kier molecular flexibility index (Phi) is 5.60. The first-order valence-corrected chi connectivity index (χ1v) is 8.50. The Balaban J connectivity index is 1.99. The lowest BCUT2D eigenvalue weighted by molar-refractivity contribution is -0.274. The number of aliphatic hydroxyl groups excluding tert-OH is 1. The molecule has 0 aromatic heterocycles. The summed E-state index contributed by atoms with van der Waals surface area (Å²) in [5.41, 5.74) is 3.52. The van der Waals surface area contributed by atoms with Gasteiger partial charge in [-0.25, -0.2) is 0 Å². The molecular weight excluding hydrogens is 375 g/mol. The first-order chi connectivity index (χ1) is 13.3. The Morgan fingerprint density at radius 1 is 1.32 bits per heavy atom. The van der Waals surface area contributed by atoms with Crippen molar-refractivity contribution in [2.45, 2.75) is 25.9 Å². The lowest BCUT2D eigenvalue weighted by Crippen LogP contribution is -2.21. The lowest BCUT2D eigenvalue weighted by Gasteiger charge is -2.17. The molecule has 2 aromatic rings. The van der Waals surface area contributed by atoms with Gasteiger partial charge in [0.2, 0.25) is 5.91 Å². The number of nitrogens with one attached hydrogen (secondary N) is 1. The van der Waals surface area contributed by atoms with Crippen LogP contribution in [-0.4, -0.2) is 24.0 Å². The fourth-order valence-corrected chi connectivity index (χ4v) is 3.16. The average molecular weight is 393 g/mol. The topological polar surface area (TPSA) is 67.8 Å². The molecule has 1 amide bonds. The SMILES string of the molecule is C=CC(=O)NCc1cc(-c2ccc(OC(F)(F)F)cc2)c2c(c1CO)CCO2. The summed E-state index contributed by atoms with van der Waals surface area (Å²) in [6.07, 6.45) is -3.02. The number of aliphatic hydroxyl groups is 1. The maximum atomic E-state index is 12.4. The number of carbonyl (C=O) groups excluding carboxylic acids is 1. The van der Waals surface area contributed by atoms with E-state index in [0.29, 0.717) is 41.0 Å². The quantitative estimate of drug-likeness (QED) is 0.738. The van der Waals surface area contributed by atoms with Crippen LogP contribution in [0.2, 0.25) is 0 Å². The van der Waals surface area contributed by atoms with Gasteiger partial charge in [0.25, 0.3) is 0 Å². The Bertz CT molecular complexity index is 892. The third-order valence-corrected chi connectivity index (χ3v) is 4.38. The third kappa shape index (κ3) is 4.28. The van der Waals surface area contributed by atoms with Crippen LogP contribution in [0, 0.1) is 0 Å². The average Bonchev–Trinajstić information content (AvgIpc) is 3.14. The number of fused-ring (bicyclic) bond motifs is 1. The Labute approximate surface area is 159 Å². The number of alkyl halides is 3. The molecule has 0 aliphatic carbocycles. The standard InChI is InChI=1S/C20H18F3NO4/c1-2-18(26)24-10-13-9-16(19-15(7-8-27-19)17(13)11-25)12-3-5-14(6-4-12)28-20(21,22)23/h2-6,9,25H,1,7-8,10-11H2,(H,24,26). The van der Waals surface area contributed by atoms with E-state index in [2.05, 4.69) is 16.6 Å². The van der Waals surface area contributed by atoms with Crippen LogP contribution in [0.4, 0.5) is 13.2 Å². The number of benzene rings is 2. The van der Waals surface area contributed by atoms with Gasteiger partial charge in [0, 0.05) is 24.1 Å². The zero-order valence-corrected chi connectivity index (χ0v) is 14.8. The first kappa shape index (κ1) is 19.8. The van der Waals surface area contributed by atoms with Crippen LogP contribution in [-0.2, 0) is 24.4 Å². The zero-order valence-electron chi connectivity index (χ0n) is 14.8. The van der Waals surface area contributed by atoms with Gasteiger partial charge in [-0.2, -0.15) is 0 Å². The van der Waals surface area contributed by atoms with Gasteiger partial charge in [-0.3, -0.25) is 4.79 Å². The molecule has 0 fully saturated rings. The molecule has 3 rings (SSSR count). The normalized spacial score (nSPS) is 12.9. The van der Waals surface area contributed by atoms with Crippen LogP contribution in [0.25, 0.3) is 11.1 Å². The van der Waals surface area contributed by atoms with Crippen molar-refractivity contribution >= 4 is 5.91 Å². The highest BCUT2D eigenvalue weighted by Crippen LogP contribution is 2.41. The molecule has 1 aliphatic rings. The molecule has 0 bridgehead atoms. The van der Waals surface area contributed by atoms with Crippen molar-refractivity contribution in [1.82, 2.24) is 5.32 Å². The highest BCUT2D eigenvalue weighted by atomic mass is 19.4. The van der Waals surface area contributed by atoms with Crippen molar-refractivity contribution < 1.29 is 32.5 Å². The monoisotopic (exact) mass is 393 g/mol. The molecule has 0 spiro atoms. The molecule has 0 atom stereocenters. The van der Waals surface area contributed by atoms with E-state index in [9.17, 15) is 23.1 Å². The van der Waals surface area contributed by atoms with E-state index in [1.165, 1.54) is 24.3 Å². The van der Waals surface area contributed by atoms with Gasteiger partial charge in [-0.1, -0.05) is 18.7 Å². The second-order valence-corrected chi connectivity index (χ2v) is 6.12. The van der Waals surface area contributed by atoms with E-state index in [-0.39, 0.29) is 24.8 Å². The van der Waals surface area contributed by atoms with Crippen LogP contribution in [0.5, 0.6) is 11.5 Å². The summed E-state index contributed by atoms with van der Waals surface area (Å²) in [7, 11) is 0. The number of amides is 1. The van der Waals surface area contributed by atoms with Gasteiger partial charge in [0.05, 0.1) is 13.2 Å². The van der Waals surface area contributed by atoms with Crippen molar-refractivity contribution in [3.63, 3.8) is 0 Å². The Hall–Kier alpha value is -3.00. The summed E-state index contributed by atoms with van der Waals surface area (Å²) in [5.74, 6) is -0.0811. The number of ether oxygens (including phenoxy) is 2. The second-order valence-electron chi connectivity index (χ2n) is 6.12. The van der Waals surface area contributed by atoms with Gasteiger partial charge >= 0.3 is 6.36 Å². The van der Waals surface area contributed by atoms with Crippen LogP contribution in [0.15, 0.2) is 43.0 Å². The van der Waals surface area contributed by atoms with E-state index in [1.54, 1.807) is 6.07 Å². The molecule has 1 aliphatic heterocycles. The zero-order chi connectivity index (χ0) is 20.3. The summed E-state index contributed by atoms with van der Waals surface area (Å²) in [6.45, 7) is 3.79. The first-order valence-electron chi connectivity index (χ1n) is 8.50. The van der Waals surface area contributed by atoms with Crippen LogP contribution < -0.4 is 14.8 Å². The molecule has 148 valence electrons. The van der Waals surface area contributed by atoms with Gasteiger partial charge in [-0.05, 0) is 41.0 Å². The van der Waals surface area contributed by atoms with Gasteiger partial charge in [0.15, 0.2) is 0 Å². The fraction of sp³-hybridized carbons (Fsp3) is 0.250. The van der Waals surface area contributed by atoms with Gasteiger partial charge in [0.1, 0.15) is 11.5 Å². The number of halogens is 3. The minimum absolute atomic E-state index is 0.177. The number of hydrogen-bond acceptors (Lipinski definition) is 4. The highest BCUT2D eigenvalue weighted by Gasteiger charge is 2.31. The van der Waals surface area contributed by atoms with Crippen molar-refractivity contribution in [1.29, 1.82) is 0 Å². The molecule has 2 N–H and O–H groups in total. The summed E-state index contributed by atoms with van der Waals surface area (Å²) in [4.78, 5) is 11.5. The summed E-state index contributed by atoms with van der Waals surface area (Å²) < 4.78 is 46.7. The molecule has 0 radical (unpaired) electrons. The van der Waals surface area contributed by atoms with Crippen LogP contribution in [0.3, 0.4) is 0 Å². The van der Waals surface area contributed by atoms with Crippen molar-refractivity contribution in [3.8, 4) is 22.6 Å². The van der Waals surface area contributed by atoms with Crippen molar-refractivity contribution in [3.05, 3.63) is 59.7 Å². The summed E-state index contributed by atoms with van der Waals surface area (Å²) in [6, 6.07) is 7.22. The van der Waals surface area contributed by atoms with E-state index in [4.69, 9.17) is 4.74 Å². The largest absolute Gasteiger partial charge is 0.573 e. The van der Waals surface area contributed by atoms with Crippen LogP contribution in [0.1, 0.15) is 16.7 Å². The Morgan fingerprint density at radius 2 is 2.04 bits per heavy atom. The minimum atomic E-state index is -4.76. The second kappa shape index (κ2) is 7.93. The van der Waals surface area contributed by atoms with E-state index >= 15 is 0 Å². The van der Waals surface area contributed by atoms with E-state index < -0.39 is 6.36 Å². The van der Waals surface area contributed by atoms with Crippen molar-refractivity contribution in [2.24, 2.45) is 0 Å². The van der Waals surface area contributed by atoms with Crippen molar-refractivity contribution in [2.75, 3.05) is 6.61 Å². The smallest absolute Gasteiger partial charge is 0.492 e. The number of rotatable bonds is 6. The third-order valence-electron chi connectivity index (χ3n) is 4.38. The maximum Gasteiger partial charge on any atom is 0.573 e. The van der Waals surface area contributed by atoms with Crippen LogP contribution >= 0.6 is 0 Å². The maximum absolute atomic E-state index is 12.4. The molecule has 28 heavy (non-hydrogen) atoms. The minimum Gasteiger partial charge on any atom is -0.492 e. The lowest BCUT2D eigenvalue weighted by atomic mass is 9.92. The Morgan fingerprint density at radius 3 is 2.64 bits per heavy atom. The number of carbonyl (C=O) groups is 1. The predicted octanol–water partition coefficient (Wildman–Crippen LogP) is 3.48. The number of hydrogen-bond donors (Lipinski definition) is 2. The molecule has 5 nitrogen and oxygen atoms in total. The molecule has 1 heterocycles. The van der Waals surface area contributed by atoms with Gasteiger partial charge in [-0.15, -0.1) is 13.2 Å². The molecule has 0 saturated carbocycles. The predicted molar refractivity (Wildman–Crippen MR) is 95.7 cm³/mol. The highest BCUT2D eigenvalue weighted by molar-refractivity contribution is 5.87.